The molecule has 0 N–H and O–H groups in total. The average molecular weight is 294 g/mol. The van der Waals surface area contributed by atoms with Crippen molar-refractivity contribution in [3.63, 3.8) is 0 Å². The molecule has 0 aliphatic rings. The van der Waals surface area contributed by atoms with Gasteiger partial charge in [-0.3, -0.25) is 10.1 Å². The summed E-state index contributed by atoms with van der Waals surface area (Å²) in [7, 11) is 1.63. The summed E-state index contributed by atoms with van der Waals surface area (Å²) in [6, 6.07) is 14.4. The van der Waals surface area contributed by atoms with E-state index in [0.717, 1.165) is 16.7 Å². The molecular formula is C17H14N2O3. The predicted molar refractivity (Wildman–Crippen MR) is 86.8 cm³/mol. The number of nitro benzene ring substituents is 1. The fourth-order valence-corrected chi connectivity index (χ4v) is 2.35. The fraction of sp³-hybridized carbons (Fsp3) is 0.0588. The van der Waals surface area contributed by atoms with Gasteiger partial charge in [-0.25, -0.2) is 0 Å². The molecule has 0 radical (unpaired) electrons. The Labute approximate surface area is 127 Å². The summed E-state index contributed by atoms with van der Waals surface area (Å²) in [4.78, 5) is 10.6. The summed E-state index contributed by atoms with van der Waals surface area (Å²) in [5, 5.41) is 12.1. The monoisotopic (exact) mass is 294 g/mol. The lowest BCUT2D eigenvalue weighted by molar-refractivity contribution is -0.385. The van der Waals surface area contributed by atoms with Gasteiger partial charge in [-0.1, -0.05) is 12.1 Å². The summed E-state index contributed by atoms with van der Waals surface area (Å²) in [6.07, 6.45) is 5.47. The van der Waals surface area contributed by atoms with Crippen LogP contribution < -0.4 is 4.74 Å². The summed E-state index contributed by atoms with van der Waals surface area (Å²) >= 11 is 0. The average Bonchev–Trinajstić information content (AvgIpc) is 2.95. The lowest BCUT2D eigenvalue weighted by Crippen LogP contribution is -1.91. The number of nitrogens with zero attached hydrogens (tertiary/aromatic N) is 2. The molecule has 2 aromatic carbocycles. The van der Waals surface area contributed by atoms with E-state index in [9.17, 15) is 10.1 Å². The highest BCUT2D eigenvalue weighted by molar-refractivity contribution is 5.85. The van der Waals surface area contributed by atoms with E-state index in [1.807, 2.05) is 41.2 Å². The van der Waals surface area contributed by atoms with Crippen LogP contribution >= 0.6 is 0 Å². The number of nitro groups is 1. The second-order valence-corrected chi connectivity index (χ2v) is 4.78. The van der Waals surface area contributed by atoms with Gasteiger partial charge in [0.15, 0.2) is 0 Å². The molecule has 0 saturated heterocycles. The van der Waals surface area contributed by atoms with Gasteiger partial charge in [0, 0.05) is 23.8 Å². The lowest BCUT2D eigenvalue weighted by atomic mass is 10.2. The minimum Gasteiger partial charge on any atom is -0.497 e. The van der Waals surface area contributed by atoms with Gasteiger partial charge < -0.3 is 9.30 Å². The quantitative estimate of drug-likeness (QED) is 0.535. The number of hydrogen-bond donors (Lipinski definition) is 0. The highest BCUT2D eigenvalue weighted by atomic mass is 16.6. The number of aromatic nitrogens is 1. The molecule has 0 fully saturated rings. The SMILES string of the molecule is COc1ccc2c(ccn2/C=C/c2ccccc2[N+](=O)[O-])c1. The van der Waals surface area contributed by atoms with Crippen molar-refractivity contribution in [1.82, 2.24) is 4.57 Å². The van der Waals surface area contributed by atoms with Gasteiger partial charge in [0.25, 0.3) is 5.69 Å². The molecule has 0 atom stereocenters. The molecule has 22 heavy (non-hydrogen) atoms. The van der Waals surface area contributed by atoms with Gasteiger partial charge in [-0.2, -0.15) is 0 Å². The van der Waals surface area contributed by atoms with Crippen LogP contribution in [-0.4, -0.2) is 16.6 Å². The maximum atomic E-state index is 11.0. The third-order valence-corrected chi connectivity index (χ3v) is 3.48. The number of hydrogen-bond acceptors (Lipinski definition) is 3. The minimum atomic E-state index is -0.377. The molecule has 1 heterocycles. The molecule has 3 aromatic rings. The zero-order chi connectivity index (χ0) is 15.5. The predicted octanol–water partition coefficient (Wildman–Crippen LogP) is 4.19. The molecule has 0 bridgehead atoms. The second-order valence-electron chi connectivity index (χ2n) is 4.78. The van der Waals surface area contributed by atoms with E-state index < -0.39 is 0 Å². The molecule has 0 aliphatic heterocycles. The molecular weight excluding hydrogens is 280 g/mol. The number of methoxy groups -OCH3 is 1. The number of fused-ring (bicyclic) bond motifs is 1. The summed E-state index contributed by atoms with van der Waals surface area (Å²) in [5.41, 5.74) is 1.68. The Morgan fingerprint density at radius 3 is 2.77 bits per heavy atom. The van der Waals surface area contributed by atoms with E-state index in [0.29, 0.717) is 5.56 Å². The third-order valence-electron chi connectivity index (χ3n) is 3.48. The summed E-state index contributed by atoms with van der Waals surface area (Å²) in [6.45, 7) is 0. The lowest BCUT2D eigenvalue weighted by Gasteiger charge is -2.02. The van der Waals surface area contributed by atoms with Crippen molar-refractivity contribution in [2.24, 2.45) is 0 Å². The van der Waals surface area contributed by atoms with E-state index in [4.69, 9.17) is 4.74 Å². The minimum absolute atomic E-state index is 0.0943. The summed E-state index contributed by atoms with van der Waals surface area (Å²) in [5.74, 6) is 0.799. The van der Waals surface area contributed by atoms with E-state index in [1.165, 1.54) is 6.07 Å². The van der Waals surface area contributed by atoms with E-state index >= 15 is 0 Å². The summed E-state index contributed by atoms with van der Waals surface area (Å²) < 4.78 is 7.12. The normalized spacial score (nSPS) is 11.1. The highest BCUT2D eigenvalue weighted by Crippen LogP contribution is 2.23. The largest absolute Gasteiger partial charge is 0.497 e. The highest BCUT2D eigenvalue weighted by Gasteiger charge is 2.09. The molecule has 0 unspecified atom stereocenters. The van der Waals surface area contributed by atoms with Crippen molar-refractivity contribution < 1.29 is 9.66 Å². The number of rotatable bonds is 4. The van der Waals surface area contributed by atoms with Crippen LogP contribution in [0.4, 0.5) is 5.69 Å². The Bertz CT molecular complexity index is 865. The molecule has 0 aliphatic carbocycles. The van der Waals surface area contributed by atoms with Gasteiger partial charge >= 0.3 is 0 Å². The van der Waals surface area contributed by atoms with Crippen molar-refractivity contribution in [2.75, 3.05) is 7.11 Å². The van der Waals surface area contributed by atoms with Gasteiger partial charge in [0.05, 0.1) is 23.1 Å². The molecule has 5 heteroatoms. The fourth-order valence-electron chi connectivity index (χ4n) is 2.35. The first-order chi connectivity index (χ1) is 10.7. The molecule has 0 amide bonds. The molecule has 110 valence electrons. The van der Waals surface area contributed by atoms with Crippen molar-refractivity contribution in [3.05, 3.63) is 70.4 Å². The third kappa shape index (κ3) is 2.56. The first-order valence-corrected chi connectivity index (χ1v) is 6.75. The van der Waals surface area contributed by atoms with Crippen LogP contribution in [-0.2, 0) is 0 Å². The van der Waals surface area contributed by atoms with Crippen LogP contribution in [0.1, 0.15) is 5.56 Å². The van der Waals surface area contributed by atoms with Crippen molar-refractivity contribution in [2.45, 2.75) is 0 Å². The second kappa shape index (κ2) is 5.73. The zero-order valence-corrected chi connectivity index (χ0v) is 12.0. The van der Waals surface area contributed by atoms with Crippen LogP contribution in [0, 0.1) is 10.1 Å². The van der Waals surface area contributed by atoms with E-state index in [-0.39, 0.29) is 10.6 Å². The van der Waals surface area contributed by atoms with E-state index in [2.05, 4.69) is 0 Å². The van der Waals surface area contributed by atoms with Crippen molar-refractivity contribution >= 4 is 28.9 Å². The maximum absolute atomic E-state index is 11.0. The zero-order valence-electron chi connectivity index (χ0n) is 12.0. The first kappa shape index (κ1) is 13.9. The Hall–Kier alpha value is -3.08. The Balaban J connectivity index is 1.98. The Morgan fingerprint density at radius 2 is 2.00 bits per heavy atom. The smallest absolute Gasteiger partial charge is 0.276 e. The molecule has 3 rings (SSSR count). The van der Waals surface area contributed by atoms with Crippen molar-refractivity contribution in [1.29, 1.82) is 0 Å². The standard InChI is InChI=1S/C17H14N2O3/c1-22-15-6-7-16-14(12-15)9-11-18(16)10-8-13-4-2-3-5-17(13)19(20)21/h2-12H,1H3/b10-8+. The Morgan fingerprint density at radius 1 is 1.18 bits per heavy atom. The van der Waals surface area contributed by atoms with Crippen LogP contribution in [0.2, 0.25) is 0 Å². The number of benzene rings is 2. The Kier molecular flexibility index (Phi) is 3.62. The molecule has 0 saturated carbocycles. The van der Waals surface area contributed by atoms with Gasteiger partial charge in [-0.15, -0.1) is 0 Å². The van der Waals surface area contributed by atoms with Crippen LogP contribution in [0.25, 0.3) is 23.2 Å². The van der Waals surface area contributed by atoms with Gasteiger partial charge in [0.2, 0.25) is 0 Å². The van der Waals surface area contributed by atoms with E-state index in [1.54, 1.807) is 31.4 Å². The molecule has 0 spiro atoms. The van der Waals surface area contributed by atoms with Crippen molar-refractivity contribution in [3.8, 4) is 5.75 Å². The first-order valence-electron chi connectivity index (χ1n) is 6.75. The molecule has 5 nitrogen and oxygen atoms in total. The van der Waals surface area contributed by atoms with Crippen LogP contribution in [0.3, 0.4) is 0 Å². The van der Waals surface area contributed by atoms with Crippen LogP contribution in [0.5, 0.6) is 5.75 Å². The number of ether oxygens (including phenoxy) is 1. The molecule has 1 aromatic heterocycles. The van der Waals surface area contributed by atoms with Gasteiger partial charge in [0.1, 0.15) is 5.75 Å². The van der Waals surface area contributed by atoms with Gasteiger partial charge in [-0.05, 0) is 36.4 Å². The number of para-hydroxylation sites is 1. The van der Waals surface area contributed by atoms with Crippen LogP contribution in [0.15, 0.2) is 54.7 Å². The maximum Gasteiger partial charge on any atom is 0.276 e. The topological polar surface area (TPSA) is 57.3 Å².